The second-order valence-electron chi connectivity index (χ2n) is 6.33. The van der Waals surface area contributed by atoms with Crippen LogP contribution in [0.5, 0.6) is 0 Å². The number of halogens is 2. The Morgan fingerprint density at radius 1 is 1.37 bits per heavy atom. The van der Waals surface area contributed by atoms with E-state index >= 15 is 0 Å². The lowest BCUT2D eigenvalue weighted by Crippen LogP contribution is -2.43. The number of carboxylic acids is 1. The molecule has 108 valence electrons. The van der Waals surface area contributed by atoms with Crippen LogP contribution in [0, 0.1) is 5.41 Å². The van der Waals surface area contributed by atoms with E-state index in [2.05, 4.69) is 0 Å². The molecule has 0 radical (unpaired) electrons. The summed E-state index contributed by atoms with van der Waals surface area (Å²) in [6.45, 7) is 4.65. The maximum Gasteiger partial charge on any atom is 0.411 e. The van der Waals surface area contributed by atoms with Gasteiger partial charge < -0.3 is 9.84 Å². The van der Waals surface area contributed by atoms with Gasteiger partial charge in [0, 0.05) is 13.0 Å². The van der Waals surface area contributed by atoms with Crippen molar-refractivity contribution in [1.82, 2.24) is 4.90 Å². The number of alkyl halides is 2. The highest BCUT2D eigenvalue weighted by Crippen LogP contribution is 2.66. The number of rotatable bonds is 1. The molecule has 1 aliphatic heterocycles. The van der Waals surface area contributed by atoms with Crippen molar-refractivity contribution in [3.05, 3.63) is 0 Å². The number of carbonyl (C=O) groups is 2. The van der Waals surface area contributed by atoms with Gasteiger partial charge in [-0.25, -0.2) is 18.4 Å². The second-order valence-corrected chi connectivity index (χ2v) is 6.33. The van der Waals surface area contributed by atoms with Crippen LogP contribution in [-0.4, -0.2) is 46.2 Å². The Balaban J connectivity index is 2.15. The van der Waals surface area contributed by atoms with E-state index < -0.39 is 35.0 Å². The molecule has 2 fully saturated rings. The van der Waals surface area contributed by atoms with Crippen molar-refractivity contribution in [2.24, 2.45) is 5.41 Å². The Morgan fingerprint density at radius 2 is 1.89 bits per heavy atom. The average Bonchev–Trinajstić information content (AvgIpc) is 2.55. The van der Waals surface area contributed by atoms with Gasteiger partial charge >= 0.3 is 12.1 Å². The van der Waals surface area contributed by atoms with E-state index in [1.807, 2.05) is 0 Å². The second kappa shape index (κ2) is 3.80. The Labute approximate surface area is 109 Å². The zero-order chi connectivity index (χ0) is 14.6. The highest BCUT2D eigenvalue weighted by atomic mass is 19.3. The number of hydrogen-bond donors (Lipinski definition) is 1. The molecule has 2 aliphatic rings. The third kappa shape index (κ3) is 2.37. The molecule has 2 rings (SSSR count). The van der Waals surface area contributed by atoms with Crippen LogP contribution in [0.3, 0.4) is 0 Å². The summed E-state index contributed by atoms with van der Waals surface area (Å²) in [7, 11) is 0. The molecule has 0 aromatic heterocycles. The lowest BCUT2D eigenvalue weighted by molar-refractivity contribution is -0.142. The highest BCUT2D eigenvalue weighted by molar-refractivity contribution is 5.81. The fourth-order valence-corrected chi connectivity index (χ4v) is 2.49. The number of carboxylic acid groups (broad SMARTS) is 1. The standard InChI is InChI=1S/C12H17F2NO4/c1-10(2,3)19-9(18)15-6-11(5-12(11,13)14)4-7(15)8(16)17/h7H,4-6H2,1-3H3,(H,16,17)/t7?,11-/m0/s1. The molecule has 0 aromatic rings. The van der Waals surface area contributed by atoms with Gasteiger partial charge in [0.05, 0.1) is 5.41 Å². The Kier molecular flexibility index (Phi) is 2.80. The van der Waals surface area contributed by atoms with Crippen LogP contribution in [0.1, 0.15) is 33.6 Å². The maximum atomic E-state index is 13.3. The Hall–Kier alpha value is -1.40. The van der Waals surface area contributed by atoms with Gasteiger partial charge in [0.15, 0.2) is 0 Å². The van der Waals surface area contributed by atoms with Crippen LogP contribution in [-0.2, 0) is 9.53 Å². The molecule has 0 aromatic carbocycles. The molecule has 0 bridgehead atoms. The summed E-state index contributed by atoms with van der Waals surface area (Å²) >= 11 is 0. The number of carbonyl (C=O) groups excluding carboxylic acids is 1. The molecule has 1 N–H and O–H groups in total. The van der Waals surface area contributed by atoms with Gasteiger partial charge in [-0.3, -0.25) is 4.90 Å². The average molecular weight is 277 g/mol. The van der Waals surface area contributed by atoms with E-state index in [1.54, 1.807) is 20.8 Å². The number of nitrogens with zero attached hydrogens (tertiary/aromatic N) is 1. The quantitative estimate of drug-likeness (QED) is 0.797. The van der Waals surface area contributed by atoms with E-state index in [0.717, 1.165) is 4.90 Å². The topological polar surface area (TPSA) is 66.8 Å². The van der Waals surface area contributed by atoms with Crippen LogP contribution in [0.2, 0.25) is 0 Å². The number of hydrogen-bond acceptors (Lipinski definition) is 3. The summed E-state index contributed by atoms with van der Waals surface area (Å²) in [5.41, 5.74) is -2.16. The normalized spacial score (nSPS) is 32.5. The van der Waals surface area contributed by atoms with Crippen LogP contribution in [0.25, 0.3) is 0 Å². The van der Waals surface area contributed by atoms with E-state index in [-0.39, 0.29) is 19.4 Å². The van der Waals surface area contributed by atoms with Crippen molar-refractivity contribution < 1.29 is 28.2 Å². The third-order valence-corrected chi connectivity index (χ3v) is 3.56. The van der Waals surface area contributed by atoms with Gasteiger partial charge in [-0.2, -0.15) is 0 Å². The van der Waals surface area contributed by atoms with Crippen molar-refractivity contribution in [2.75, 3.05) is 6.54 Å². The first kappa shape index (κ1) is 14.0. The van der Waals surface area contributed by atoms with Crippen LogP contribution in [0.15, 0.2) is 0 Å². The van der Waals surface area contributed by atoms with Gasteiger partial charge in [0.1, 0.15) is 11.6 Å². The predicted octanol–water partition coefficient (Wildman–Crippen LogP) is 2.11. The van der Waals surface area contributed by atoms with Gasteiger partial charge in [-0.1, -0.05) is 0 Å². The van der Waals surface area contributed by atoms with Gasteiger partial charge in [-0.05, 0) is 27.2 Å². The zero-order valence-corrected chi connectivity index (χ0v) is 11.1. The van der Waals surface area contributed by atoms with Crippen LogP contribution < -0.4 is 0 Å². The Bertz CT molecular complexity index is 432. The van der Waals surface area contributed by atoms with Crippen molar-refractivity contribution in [1.29, 1.82) is 0 Å². The molecule has 1 unspecified atom stereocenters. The third-order valence-electron chi connectivity index (χ3n) is 3.56. The first-order valence-corrected chi connectivity index (χ1v) is 6.08. The van der Waals surface area contributed by atoms with Gasteiger partial charge in [-0.15, -0.1) is 0 Å². The molecule has 1 saturated heterocycles. The number of aliphatic carboxylic acids is 1. The number of amides is 1. The molecular formula is C12H17F2NO4. The number of likely N-dealkylation sites (tertiary alicyclic amines) is 1. The molecule has 5 nitrogen and oxygen atoms in total. The minimum atomic E-state index is -2.88. The minimum absolute atomic E-state index is 0.214. The fourth-order valence-electron chi connectivity index (χ4n) is 2.49. The molecule has 1 saturated carbocycles. The molecule has 7 heteroatoms. The Morgan fingerprint density at radius 3 is 2.26 bits per heavy atom. The van der Waals surface area contributed by atoms with Gasteiger partial charge in [0.2, 0.25) is 0 Å². The smallest absolute Gasteiger partial charge is 0.411 e. The van der Waals surface area contributed by atoms with E-state index in [9.17, 15) is 18.4 Å². The predicted molar refractivity (Wildman–Crippen MR) is 61.0 cm³/mol. The molecule has 1 spiro atoms. The molecule has 1 amide bonds. The summed E-state index contributed by atoms with van der Waals surface area (Å²) in [6, 6.07) is -1.23. The first-order chi connectivity index (χ1) is 8.47. The summed E-state index contributed by atoms with van der Waals surface area (Å²) in [5, 5.41) is 9.07. The molecular weight excluding hydrogens is 260 g/mol. The molecule has 1 heterocycles. The monoisotopic (exact) mass is 277 g/mol. The summed E-state index contributed by atoms with van der Waals surface area (Å²) in [6.07, 6.45) is -1.42. The van der Waals surface area contributed by atoms with E-state index in [0.29, 0.717) is 0 Å². The van der Waals surface area contributed by atoms with E-state index in [1.165, 1.54) is 0 Å². The number of ether oxygens (including phenoxy) is 1. The molecule has 1 aliphatic carbocycles. The largest absolute Gasteiger partial charge is 0.480 e. The fraction of sp³-hybridized carbons (Fsp3) is 0.833. The maximum absolute atomic E-state index is 13.3. The first-order valence-electron chi connectivity index (χ1n) is 6.08. The van der Waals surface area contributed by atoms with Crippen molar-refractivity contribution in [3.63, 3.8) is 0 Å². The zero-order valence-electron chi connectivity index (χ0n) is 11.1. The highest BCUT2D eigenvalue weighted by Gasteiger charge is 2.75. The van der Waals surface area contributed by atoms with Gasteiger partial charge in [0.25, 0.3) is 5.92 Å². The molecule has 2 atom stereocenters. The van der Waals surface area contributed by atoms with Crippen LogP contribution >= 0.6 is 0 Å². The van der Waals surface area contributed by atoms with Crippen molar-refractivity contribution in [2.45, 2.75) is 51.2 Å². The SMILES string of the molecule is CC(C)(C)OC(=O)N1C[C@]2(CC1C(=O)O)CC2(F)F. The summed E-state index contributed by atoms with van der Waals surface area (Å²) in [4.78, 5) is 23.9. The summed E-state index contributed by atoms with van der Waals surface area (Å²) in [5.74, 6) is -4.15. The van der Waals surface area contributed by atoms with E-state index in [4.69, 9.17) is 9.84 Å². The molecule has 19 heavy (non-hydrogen) atoms. The lowest BCUT2D eigenvalue weighted by Gasteiger charge is -2.26. The van der Waals surface area contributed by atoms with Crippen molar-refractivity contribution in [3.8, 4) is 0 Å². The lowest BCUT2D eigenvalue weighted by atomic mass is 10.0. The van der Waals surface area contributed by atoms with Crippen molar-refractivity contribution >= 4 is 12.1 Å². The minimum Gasteiger partial charge on any atom is -0.480 e. The summed E-state index contributed by atoms with van der Waals surface area (Å²) < 4.78 is 31.7. The van der Waals surface area contributed by atoms with Crippen LogP contribution in [0.4, 0.5) is 13.6 Å².